The molecule has 1 aromatic rings. The largest absolute Gasteiger partial charge is 0.497 e. The molecule has 0 aliphatic carbocycles. The van der Waals surface area contributed by atoms with Crippen LogP contribution in [0.1, 0.15) is 44.2 Å². The standard InChI is InChI=1S/C16H26FNOS/c1-13(18-10-6-4-5-7-11-20-3)15-9-8-14(19-2)12-16(15)17/h8-9,12-13,18H,4-7,10-11H2,1-3H3. The predicted octanol–water partition coefficient (Wildman–Crippen LogP) is 4.41. The van der Waals surface area contributed by atoms with Crippen molar-refractivity contribution < 1.29 is 9.13 Å². The Morgan fingerprint density at radius 3 is 2.65 bits per heavy atom. The Balaban J connectivity index is 2.27. The molecule has 4 heteroatoms. The summed E-state index contributed by atoms with van der Waals surface area (Å²) in [6.07, 6.45) is 7.12. The molecule has 0 spiro atoms. The molecular weight excluding hydrogens is 273 g/mol. The summed E-state index contributed by atoms with van der Waals surface area (Å²) < 4.78 is 18.9. The Hall–Kier alpha value is -0.740. The van der Waals surface area contributed by atoms with E-state index in [1.54, 1.807) is 19.2 Å². The van der Waals surface area contributed by atoms with Gasteiger partial charge in [-0.1, -0.05) is 18.9 Å². The number of benzene rings is 1. The summed E-state index contributed by atoms with van der Waals surface area (Å²) in [5, 5.41) is 3.38. The number of ether oxygens (including phenoxy) is 1. The minimum Gasteiger partial charge on any atom is -0.497 e. The number of nitrogens with one attached hydrogen (secondary N) is 1. The number of halogens is 1. The lowest BCUT2D eigenvalue weighted by Gasteiger charge is -2.15. The molecule has 0 aliphatic heterocycles. The number of hydrogen-bond acceptors (Lipinski definition) is 3. The highest BCUT2D eigenvalue weighted by Crippen LogP contribution is 2.21. The minimum atomic E-state index is -0.204. The zero-order valence-electron chi connectivity index (χ0n) is 12.7. The van der Waals surface area contributed by atoms with E-state index in [2.05, 4.69) is 11.6 Å². The van der Waals surface area contributed by atoms with Crippen LogP contribution in [-0.4, -0.2) is 25.7 Å². The average Bonchev–Trinajstić information content (AvgIpc) is 2.45. The van der Waals surface area contributed by atoms with Gasteiger partial charge in [0.25, 0.3) is 0 Å². The highest BCUT2D eigenvalue weighted by Gasteiger charge is 2.10. The van der Waals surface area contributed by atoms with E-state index in [1.165, 1.54) is 31.1 Å². The van der Waals surface area contributed by atoms with E-state index >= 15 is 0 Å². The molecule has 0 radical (unpaired) electrons. The highest BCUT2D eigenvalue weighted by atomic mass is 32.2. The zero-order chi connectivity index (χ0) is 14.8. The van der Waals surface area contributed by atoms with Crippen molar-refractivity contribution in [3.63, 3.8) is 0 Å². The van der Waals surface area contributed by atoms with Crippen LogP contribution >= 0.6 is 11.8 Å². The van der Waals surface area contributed by atoms with E-state index in [-0.39, 0.29) is 11.9 Å². The molecule has 0 heterocycles. The first kappa shape index (κ1) is 17.3. The molecule has 0 bridgehead atoms. The summed E-state index contributed by atoms with van der Waals surface area (Å²) in [7, 11) is 1.55. The first-order valence-corrected chi connectivity index (χ1v) is 8.64. The van der Waals surface area contributed by atoms with Crippen molar-refractivity contribution >= 4 is 11.8 Å². The number of methoxy groups -OCH3 is 1. The van der Waals surface area contributed by atoms with E-state index in [4.69, 9.17) is 4.74 Å². The molecule has 0 aliphatic rings. The van der Waals surface area contributed by atoms with Crippen LogP contribution in [0.3, 0.4) is 0 Å². The van der Waals surface area contributed by atoms with E-state index < -0.39 is 0 Å². The topological polar surface area (TPSA) is 21.3 Å². The van der Waals surface area contributed by atoms with Crippen LogP contribution in [0.25, 0.3) is 0 Å². The molecule has 0 saturated heterocycles. The average molecular weight is 299 g/mol. The fourth-order valence-electron chi connectivity index (χ4n) is 2.14. The lowest BCUT2D eigenvalue weighted by molar-refractivity contribution is 0.409. The van der Waals surface area contributed by atoms with Crippen molar-refractivity contribution in [3.8, 4) is 5.75 Å². The fraction of sp³-hybridized carbons (Fsp3) is 0.625. The lowest BCUT2D eigenvalue weighted by Crippen LogP contribution is -2.20. The van der Waals surface area contributed by atoms with Gasteiger partial charge in [-0.3, -0.25) is 0 Å². The van der Waals surface area contributed by atoms with Gasteiger partial charge in [-0.05, 0) is 44.4 Å². The number of thioether (sulfide) groups is 1. The lowest BCUT2D eigenvalue weighted by atomic mass is 10.1. The van der Waals surface area contributed by atoms with Crippen LogP contribution in [0.5, 0.6) is 5.75 Å². The molecule has 114 valence electrons. The van der Waals surface area contributed by atoms with Gasteiger partial charge in [0.1, 0.15) is 11.6 Å². The van der Waals surface area contributed by atoms with E-state index in [9.17, 15) is 4.39 Å². The molecule has 0 amide bonds. The summed E-state index contributed by atoms with van der Waals surface area (Å²) in [6, 6.07) is 5.08. The van der Waals surface area contributed by atoms with Crippen molar-refractivity contribution in [1.82, 2.24) is 5.32 Å². The normalized spacial score (nSPS) is 12.4. The minimum absolute atomic E-state index is 0.0344. The Kier molecular flexibility index (Phi) is 8.70. The van der Waals surface area contributed by atoms with Gasteiger partial charge in [-0.2, -0.15) is 11.8 Å². The Bertz CT molecular complexity index is 387. The molecule has 1 rings (SSSR count). The molecule has 1 aromatic carbocycles. The van der Waals surface area contributed by atoms with Crippen LogP contribution in [-0.2, 0) is 0 Å². The van der Waals surface area contributed by atoms with Gasteiger partial charge < -0.3 is 10.1 Å². The van der Waals surface area contributed by atoms with Gasteiger partial charge >= 0.3 is 0 Å². The van der Waals surface area contributed by atoms with Crippen LogP contribution in [0.15, 0.2) is 18.2 Å². The van der Waals surface area contributed by atoms with E-state index in [0.29, 0.717) is 11.3 Å². The van der Waals surface area contributed by atoms with Gasteiger partial charge in [-0.25, -0.2) is 4.39 Å². The van der Waals surface area contributed by atoms with E-state index in [0.717, 1.165) is 13.0 Å². The second-order valence-electron chi connectivity index (χ2n) is 4.97. The summed E-state index contributed by atoms with van der Waals surface area (Å²) >= 11 is 1.90. The maximum Gasteiger partial charge on any atom is 0.131 e. The van der Waals surface area contributed by atoms with Gasteiger partial charge in [0.05, 0.1) is 7.11 Å². The number of unbranched alkanes of at least 4 members (excludes halogenated alkanes) is 3. The fourth-order valence-corrected chi connectivity index (χ4v) is 2.63. The molecule has 20 heavy (non-hydrogen) atoms. The van der Waals surface area contributed by atoms with Crippen LogP contribution in [0.4, 0.5) is 4.39 Å². The smallest absolute Gasteiger partial charge is 0.131 e. The Labute approximate surface area is 126 Å². The highest BCUT2D eigenvalue weighted by molar-refractivity contribution is 7.98. The molecular formula is C16H26FNOS. The monoisotopic (exact) mass is 299 g/mol. The Morgan fingerprint density at radius 1 is 1.25 bits per heavy atom. The van der Waals surface area contributed by atoms with E-state index in [1.807, 2.05) is 18.7 Å². The first-order valence-electron chi connectivity index (χ1n) is 7.24. The second kappa shape index (κ2) is 10.1. The molecule has 1 N–H and O–H groups in total. The van der Waals surface area contributed by atoms with Crippen molar-refractivity contribution in [3.05, 3.63) is 29.6 Å². The maximum absolute atomic E-state index is 13.9. The SMILES string of the molecule is COc1ccc(C(C)NCCCCCCSC)c(F)c1. The molecule has 2 nitrogen and oxygen atoms in total. The third kappa shape index (κ3) is 6.14. The molecule has 1 atom stereocenters. The van der Waals surface area contributed by atoms with Gasteiger partial charge in [-0.15, -0.1) is 0 Å². The van der Waals surface area contributed by atoms with Gasteiger partial charge in [0.15, 0.2) is 0 Å². The summed E-state index contributed by atoms with van der Waals surface area (Å²) in [6.45, 7) is 2.94. The Morgan fingerprint density at radius 2 is 2.00 bits per heavy atom. The third-order valence-corrected chi connectivity index (χ3v) is 4.10. The van der Waals surface area contributed by atoms with Crippen molar-refractivity contribution in [2.75, 3.05) is 25.7 Å². The summed E-state index contributed by atoms with van der Waals surface area (Å²) in [5.74, 6) is 1.61. The van der Waals surface area contributed by atoms with Crippen LogP contribution in [0, 0.1) is 5.82 Å². The first-order chi connectivity index (χ1) is 9.69. The summed E-state index contributed by atoms with van der Waals surface area (Å²) in [4.78, 5) is 0. The second-order valence-corrected chi connectivity index (χ2v) is 5.96. The van der Waals surface area contributed by atoms with Crippen molar-refractivity contribution in [2.45, 2.75) is 38.6 Å². The van der Waals surface area contributed by atoms with Crippen molar-refractivity contribution in [2.24, 2.45) is 0 Å². The molecule has 0 saturated carbocycles. The van der Waals surface area contributed by atoms with Gasteiger partial charge in [0.2, 0.25) is 0 Å². The third-order valence-electron chi connectivity index (χ3n) is 3.40. The maximum atomic E-state index is 13.9. The van der Waals surface area contributed by atoms with Gasteiger partial charge in [0, 0.05) is 17.7 Å². The van der Waals surface area contributed by atoms with Crippen molar-refractivity contribution in [1.29, 1.82) is 0 Å². The quantitative estimate of drug-likeness (QED) is 0.647. The summed E-state index contributed by atoms with van der Waals surface area (Å²) in [5.41, 5.74) is 0.702. The van der Waals surface area contributed by atoms with Crippen LogP contribution < -0.4 is 10.1 Å². The predicted molar refractivity (Wildman–Crippen MR) is 86.2 cm³/mol. The number of rotatable bonds is 10. The molecule has 0 fully saturated rings. The number of hydrogen-bond donors (Lipinski definition) is 1. The zero-order valence-corrected chi connectivity index (χ0v) is 13.6. The molecule has 0 aromatic heterocycles. The van der Waals surface area contributed by atoms with Crippen LogP contribution in [0.2, 0.25) is 0 Å². The molecule has 1 unspecified atom stereocenters.